The molecule has 1 saturated heterocycles. The van der Waals surface area contributed by atoms with Gasteiger partial charge in [0.2, 0.25) is 0 Å². The van der Waals surface area contributed by atoms with Crippen molar-refractivity contribution < 1.29 is 4.74 Å². The fourth-order valence-electron chi connectivity index (χ4n) is 3.63. The molecule has 1 aromatic heterocycles. The average molecular weight is 454 g/mol. The van der Waals surface area contributed by atoms with Gasteiger partial charge in [-0.1, -0.05) is 47.6 Å². The predicted molar refractivity (Wildman–Crippen MR) is 122 cm³/mol. The molecule has 1 fully saturated rings. The molecule has 4 rings (SSSR count). The lowest BCUT2D eigenvalue weighted by Crippen LogP contribution is -2.23. The minimum Gasteiger partial charge on any atom is -0.376 e. The van der Waals surface area contributed by atoms with Gasteiger partial charge in [-0.25, -0.2) is 0 Å². The third kappa shape index (κ3) is 5.66. The van der Waals surface area contributed by atoms with Crippen LogP contribution in [0.15, 0.2) is 53.7 Å². The number of ether oxygens (including phenoxy) is 1. The second kappa shape index (κ2) is 10.3. The van der Waals surface area contributed by atoms with Crippen molar-refractivity contribution in [2.75, 3.05) is 6.61 Å². The van der Waals surface area contributed by atoms with Crippen molar-refractivity contribution in [2.24, 2.45) is 5.73 Å². The van der Waals surface area contributed by atoms with Gasteiger partial charge in [-0.2, -0.15) is 5.26 Å². The zero-order chi connectivity index (χ0) is 21.6. The summed E-state index contributed by atoms with van der Waals surface area (Å²) in [6.45, 7) is 1.50. The number of nitrogens with zero attached hydrogens (tertiary/aromatic N) is 4. The van der Waals surface area contributed by atoms with E-state index in [1.165, 1.54) is 0 Å². The van der Waals surface area contributed by atoms with E-state index in [0.29, 0.717) is 23.6 Å². The highest BCUT2D eigenvalue weighted by Gasteiger charge is 2.24. The number of thioether (sulfide) groups is 1. The van der Waals surface area contributed by atoms with Crippen LogP contribution < -0.4 is 5.73 Å². The molecule has 8 heteroatoms. The molecule has 6 nitrogen and oxygen atoms in total. The van der Waals surface area contributed by atoms with Crippen molar-refractivity contribution in [3.8, 4) is 6.07 Å². The Kier molecular flexibility index (Phi) is 7.25. The number of rotatable bonds is 8. The van der Waals surface area contributed by atoms with Crippen LogP contribution in [-0.4, -0.2) is 27.5 Å². The molecule has 0 amide bonds. The summed E-state index contributed by atoms with van der Waals surface area (Å²) in [6.07, 6.45) is 2.92. The summed E-state index contributed by atoms with van der Waals surface area (Å²) in [5.41, 5.74) is 9.45. The Morgan fingerprint density at radius 2 is 1.90 bits per heavy atom. The Bertz CT molecular complexity index is 1040. The zero-order valence-electron chi connectivity index (χ0n) is 17.1. The highest BCUT2D eigenvalue weighted by Crippen LogP contribution is 2.27. The lowest BCUT2D eigenvalue weighted by atomic mass is 10.1. The molecule has 0 spiro atoms. The Hall–Kier alpha value is -2.37. The molecule has 2 atom stereocenters. The Labute approximate surface area is 191 Å². The van der Waals surface area contributed by atoms with E-state index in [-0.39, 0.29) is 12.1 Å². The van der Waals surface area contributed by atoms with Gasteiger partial charge in [-0.05, 0) is 54.7 Å². The molecular formula is C23H24ClN5OS. The van der Waals surface area contributed by atoms with Crippen molar-refractivity contribution in [2.45, 2.75) is 48.9 Å². The van der Waals surface area contributed by atoms with Crippen LogP contribution in [0.1, 0.15) is 41.4 Å². The normalized spacial score (nSPS) is 16.9. The Balaban J connectivity index is 1.52. The van der Waals surface area contributed by atoms with E-state index in [9.17, 15) is 0 Å². The van der Waals surface area contributed by atoms with Crippen LogP contribution in [0.3, 0.4) is 0 Å². The van der Waals surface area contributed by atoms with Gasteiger partial charge in [0.15, 0.2) is 11.0 Å². The van der Waals surface area contributed by atoms with E-state index in [4.69, 9.17) is 27.3 Å². The van der Waals surface area contributed by atoms with Gasteiger partial charge in [-0.3, -0.25) is 0 Å². The minimum absolute atomic E-state index is 0.159. The fraction of sp³-hybridized carbons (Fsp3) is 0.348. The molecule has 0 radical (unpaired) electrons. The minimum atomic E-state index is -0.278. The smallest absolute Gasteiger partial charge is 0.191 e. The van der Waals surface area contributed by atoms with Crippen LogP contribution in [0.2, 0.25) is 5.02 Å². The quantitative estimate of drug-likeness (QED) is 0.504. The number of hydrogen-bond acceptors (Lipinski definition) is 6. The van der Waals surface area contributed by atoms with Gasteiger partial charge in [0.1, 0.15) is 0 Å². The zero-order valence-corrected chi connectivity index (χ0v) is 18.6. The second-order valence-corrected chi connectivity index (χ2v) is 9.00. The molecule has 160 valence electrons. The van der Waals surface area contributed by atoms with Gasteiger partial charge in [-0.15, -0.1) is 10.2 Å². The summed E-state index contributed by atoms with van der Waals surface area (Å²) in [7, 11) is 0. The maximum atomic E-state index is 8.98. The topological polar surface area (TPSA) is 89.8 Å². The monoisotopic (exact) mass is 453 g/mol. The number of halogens is 1. The molecule has 1 aliphatic rings. The van der Waals surface area contributed by atoms with Crippen LogP contribution >= 0.6 is 23.4 Å². The second-order valence-electron chi connectivity index (χ2n) is 7.62. The lowest BCUT2D eigenvalue weighted by molar-refractivity contribution is 0.0938. The summed E-state index contributed by atoms with van der Waals surface area (Å²) in [4.78, 5) is 0. The molecule has 2 N–H and O–H groups in total. The lowest BCUT2D eigenvalue weighted by Gasteiger charge is -2.18. The molecule has 2 heterocycles. The first-order valence-electron chi connectivity index (χ1n) is 10.3. The van der Waals surface area contributed by atoms with Crippen LogP contribution in [-0.2, 0) is 23.5 Å². The van der Waals surface area contributed by atoms with Crippen molar-refractivity contribution in [1.29, 1.82) is 5.26 Å². The van der Waals surface area contributed by atoms with E-state index >= 15 is 0 Å². The summed E-state index contributed by atoms with van der Waals surface area (Å²) < 4.78 is 7.98. The van der Waals surface area contributed by atoms with E-state index in [2.05, 4.69) is 20.8 Å². The molecular weight excluding hydrogens is 430 g/mol. The number of benzene rings is 2. The number of nitrogens with two attached hydrogens (primary N) is 1. The summed E-state index contributed by atoms with van der Waals surface area (Å²) in [6, 6.07) is 17.2. The van der Waals surface area contributed by atoms with Gasteiger partial charge >= 0.3 is 0 Å². The SMILES string of the molecule is N#Cc1ccc(CSc2nnc(C(N)Cc3ccc(Cl)cc3)n2CC2CCCO2)cc1. The average Bonchev–Trinajstić information content (AvgIpc) is 3.45. The van der Waals surface area contributed by atoms with Crippen LogP contribution in [0.4, 0.5) is 0 Å². The fourth-order valence-corrected chi connectivity index (χ4v) is 4.67. The van der Waals surface area contributed by atoms with Crippen LogP contribution in [0.25, 0.3) is 0 Å². The summed E-state index contributed by atoms with van der Waals surface area (Å²) >= 11 is 7.62. The molecule has 0 bridgehead atoms. The highest BCUT2D eigenvalue weighted by molar-refractivity contribution is 7.98. The largest absolute Gasteiger partial charge is 0.376 e. The summed E-state index contributed by atoms with van der Waals surface area (Å²) in [5, 5.41) is 19.4. The van der Waals surface area contributed by atoms with E-state index in [0.717, 1.165) is 47.3 Å². The highest BCUT2D eigenvalue weighted by atomic mass is 35.5. The number of aromatic nitrogens is 3. The maximum absolute atomic E-state index is 8.98. The van der Waals surface area contributed by atoms with Crippen molar-refractivity contribution in [1.82, 2.24) is 14.8 Å². The van der Waals surface area contributed by atoms with Gasteiger partial charge < -0.3 is 15.0 Å². The van der Waals surface area contributed by atoms with E-state index in [1.807, 2.05) is 48.5 Å². The van der Waals surface area contributed by atoms with E-state index < -0.39 is 0 Å². The molecule has 31 heavy (non-hydrogen) atoms. The Morgan fingerprint density at radius 3 is 2.58 bits per heavy atom. The molecule has 0 saturated carbocycles. The van der Waals surface area contributed by atoms with Gasteiger partial charge in [0, 0.05) is 17.4 Å². The summed E-state index contributed by atoms with van der Waals surface area (Å²) in [5.74, 6) is 1.51. The predicted octanol–water partition coefficient (Wildman–Crippen LogP) is 4.52. The number of hydrogen-bond donors (Lipinski definition) is 1. The van der Waals surface area contributed by atoms with Crippen molar-refractivity contribution >= 4 is 23.4 Å². The Morgan fingerprint density at radius 1 is 1.16 bits per heavy atom. The molecule has 2 aromatic carbocycles. The first-order valence-corrected chi connectivity index (χ1v) is 11.7. The molecule has 2 unspecified atom stereocenters. The van der Waals surface area contributed by atoms with Gasteiger partial charge in [0.05, 0.1) is 30.3 Å². The van der Waals surface area contributed by atoms with Gasteiger partial charge in [0.25, 0.3) is 0 Å². The van der Waals surface area contributed by atoms with Crippen molar-refractivity contribution in [3.05, 3.63) is 76.1 Å². The third-order valence-electron chi connectivity index (χ3n) is 5.31. The maximum Gasteiger partial charge on any atom is 0.191 e. The van der Waals surface area contributed by atoms with Crippen LogP contribution in [0.5, 0.6) is 0 Å². The molecule has 1 aliphatic heterocycles. The van der Waals surface area contributed by atoms with E-state index in [1.54, 1.807) is 11.8 Å². The molecule has 3 aromatic rings. The molecule has 0 aliphatic carbocycles. The first kappa shape index (κ1) is 21.8. The van der Waals surface area contributed by atoms with Crippen LogP contribution in [0, 0.1) is 11.3 Å². The first-order chi connectivity index (χ1) is 15.1. The number of nitriles is 1. The standard InChI is InChI=1S/C23H24ClN5OS/c24-19-9-7-16(8-10-19)12-21(26)22-27-28-23(29(22)14-20-2-1-11-30-20)31-15-18-5-3-17(13-25)4-6-18/h3-10,20-21H,1-2,11-12,14-15,26H2. The third-order valence-corrected chi connectivity index (χ3v) is 6.60. The van der Waals surface area contributed by atoms with Crippen molar-refractivity contribution in [3.63, 3.8) is 0 Å².